The summed E-state index contributed by atoms with van der Waals surface area (Å²) in [4.78, 5) is 40.7. The number of carbonyl (C=O) groups is 3. The number of hydrogen-bond donors (Lipinski definition) is 1. The number of nitrogens with zero attached hydrogens (tertiary/aromatic N) is 2. The maximum Gasteiger partial charge on any atom is 0.337 e. The van der Waals surface area contributed by atoms with Gasteiger partial charge in [-0.1, -0.05) is 22.9 Å². The van der Waals surface area contributed by atoms with Gasteiger partial charge in [0.2, 0.25) is 11.8 Å². The highest BCUT2D eigenvalue weighted by atomic mass is 33.1. The zero-order chi connectivity index (χ0) is 18.5. The molecule has 1 fully saturated rings. The Morgan fingerprint density at radius 3 is 2.58 bits per heavy atom. The third-order valence-corrected chi connectivity index (χ3v) is 6.11. The number of imide groups is 1. The van der Waals surface area contributed by atoms with E-state index in [2.05, 4.69) is 4.98 Å². The second-order valence-electron chi connectivity index (χ2n) is 5.60. The maximum atomic E-state index is 12.0. The number of carbonyl (C=O) groups excluding carboxylic acids is 2. The molecular weight excluding hydrogens is 372 g/mol. The van der Waals surface area contributed by atoms with Gasteiger partial charge in [0.15, 0.2) is 0 Å². The molecule has 1 aromatic carbocycles. The molecule has 2 aromatic rings. The normalized spacial score (nSPS) is 14.1. The first-order valence-electron chi connectivity index (χ1n) is 7.99. The van der Waals surface area contributed by atoms with E-state index in [1.807, 2.05) is 18.2 Å². The number of aromatic nitrogens is 1. The van der Waals surface area contributed by atoms with Gasteiger partial charge in [0.25, 0.3) is 0 Å². The van der Waals surface area contributed by atoms with Crippen LogP contribution in [0.25, 0.3) is 0 Å². The average Bonchev–Trinajstić information content (AvgIpc) is 2.97. The van der Waals surface area contributed by atoms with Gasteiger partial charge in [-0.3, -0.25) is 9.59 Å². The van der Waals surface area contributed by atoms with Gasteiger partial charge in [0.1, 0.15) is 5.03 Å². The SMILES string of the molecule is O=C(O)c1ccc(CCSSc2ccccn2)cc1N1C(=O)CCC1=O. The predicted octanol–water partition coefficient (Wildman–Crippen LogP) is 3.42. The molecule has 0 saturated carbocycles. The molecular formula is C18H16N2O4S2. The molecule has 0 bridgehead atoms. The van der Waals surface area contributed by atoms with Gasteiger partial charge in [0, 0.05) is 24.8 Å². The molecule has 0 radical (unpaired) electrons. The lowest BCUT2D eigenvalue weighted by atomic mass is 10.1. The van der Waals surface area contributed by atoms with E-state index in [9.17, 15) is 19.5 Å². The Balaban J connectivity index is 1.70. The molecule has 26 heavy (non-hydrogen) atoms. The first-order valence-corrected chi connectivity index (χ1v) is 10.3. The second kappa shape index (κ2) is 8.37. The van der Waals surface area contributed by atoms with Crippen molar-refractivity contribution < 1.29 is 19.5 Å². The molecule has 3 rings (SSSR count). The van der Waals surface area contributed by atoms with Crippen LogP contribution in [0.5, 0.6) is 0 Å². The third kappa shape index (κ3) is 4.25. The zero-order valence-electron chi connectivity index (χ0n) is 13.8. The van der Waals surface area contributed by atoms with Gasteiger partial charge in [-0.05, 0) is 47.0 Å². The van der Waals surface area contributed by atoms with Crippen LogP contribution in [-0.4, -0.2) is 33.6 Å². The highest BCUT2D eigenvalue weighted by Gasteiger charge is 2.33. The molecule has 0 aliphatic carbocycles. The lowest BCUT2D eigenvalue weighted by Crippen LogP contribution is -2.30. The van der Waals surface area contributed by atoms with Gasteiger partial charge < -0.3 is 5.11 Å². The average molecular weight is 388 g/mol. The van der Waals surface area contributed by atoms with Gasteiger partial charge >= 0.3 is 5.97 Å². The monoisotopic (exact) mass is 388 g/mol. The topological polar surface area (TPSA) is 87.6 Å². The number of rotatable bonds is 7. The minimum atomic E-state index is -1.15. The molecule has 1 saturated heterocycles. The highest BCUT2D eigenvalue weighted by molar-refractivity contribution is 8.76. The number of carboxylic acids is 1. The largest absolute Gasteiger partial charge is 0.478 e. The molecule has 1 aliphatic heterocycles. The van der Waals surface area contributed by atoms with Crippen LogP contribution in [0.15, 0.2) is 47.6 Å². The molecule has 2 heterocycles. The third-order valence-electron chi connectivity index (χ3n) is 3.84. The van der Waals surface area contributed by atoms with Crippen molar-refractivity contribution in [2.24, 2.45) is 0 Å². The molecule has 0 unspecified atom stereocenters. The van der Waals surface area contributed by atoms with E-state index < -0.39 is 5.97 Å². The lowest BCUT2D eigenvalue weighted by Gasteiger charge is -2.17. The first-order chi connectivity index (χ1) is 12.6. The summed E-state index contributed by atoms with van der Waals surface area (Å²) in [6.07, 6.45) is 2.68. The van der Waals surface area contributed by atoms with Gasteiger partial charge in [-0.25, -0.2) is 14.7 Å². The van der Waals surface area contributed by atoms with Crippen LogP contribution in [0.2, 0.25) is 0 Å². The van der Waals surface area contributed by atoms with Crippen LogP contribution < -0.4 is 4.90 Å². The van der Waals surface area contributed by atoms with Crippen LogP contribution in [0, 0.1) is 0 Å². The molecule has 6 nitrogen and oxygen atoms in total. The van der Waals surface area contributed by atoms with E-state index in [0.29, 0.717) is 6.42 Å². The van der Waals surface area contributed by atoms with Crippen LogP contribution in [0.4, 0.5) is 5.69 Å². The summed E-state index contributed by atoms with van der Waals surface area (Å²) in [5, 5.41) is 10.3. The van der Waals surface area contributed by atoms with Crippen LogP contribution >= 0.6 is 21.6 Å². The Hall–Kier alpha value is -2.32. The van der Waals surface area contributed by atoms with Crippen LogP contribution in [0.1, 0.15) is 28.8 Å². The number of aryl methyl sites for hydroxylation is 1. The molecule has 1 aromatic heterocycles. The Morgan fingerprint density at radius 1 is 1.15 bits per heavy atom. The van der Waals surface area contributed by atoms with Crippen LogP contribution in [0.3, 0.4) is 0 Å². The number of amides is 2. The van der Waals surface area contributed by atoms with Gasteiger partial charge in [0.05, 0.1) is 11.3 Å². The summed E-state index contributed by atoms with van der Waals surface area (Å²) in [6.45, 7) is 0. The minimum absolute atomic E-state index is 0.0344. The fourth-order valence-electron chi connectivity index (χ4n) is 2.60. The number of hydrogen-bond acceptors (Lipinski definition) is 6. The van der Waals surface area contributed by atoms with Crippen molar-refractivity contribution in [1.29, 1.82) is 0 Å². The molecule has 8 heteroatoms. The highest BCUT2D eigenvalue weighted by Crippen LogP contribution is 2.31. The molecule has 0 atom stereocenters. The van der Waals surface area contributed by atoms with Crippen molar-refractivity contribution in [2.45, 2.75) is 24.3 Å². The van der Waals surface area contributed by atoms with E-state index in [-0.39, 0.29) is 35.9 Å². The fraction of sp³-hybridized carbons (Fsp3) is 0.222. The van der Waals surface area contributed by atoms with Crippen molar-refractivity contribution in [3.63, 3.8) is 0 Å². The molecule has 0 spiro atoms. The first kappa shape index (κ1) is 18.5. The molecule has 1 N–H and O–H groups in total. The van der Waals surface area contributed by atoms with Gasteiger partial charge in [-0.15, -0.1) is 0 Å². The Labute approximate surface area is 158 Å². The zero-order valence-corrected chi connectivity index (χ0v) is 15.4. The lowest BCUT2D eigenvalue weighted by molar-refractivity contribution is -0.121. The number of pyridine rings is 1. The summed E-state index contributed by atoms with van der Waals surface area (Å²) < 4.78 is 0. The quantitative estimate of drug-likeness (QED) is 0.442. The van der Waals surface area contributed by atoms with E-state index in [0.717, 1.165) is 21.2 Å². The number of aromatic carboxylic acids is 1. The minimum Gasteiger partial charge on any atom is -0.478 e. The molecule has 134 valence electrons. The van der Waals surface area contributed by atoms with E-state index in [1.54, 1.807) is 39.9 Å². The van der Waals surface area contributed by atoms with Crippen molar-refractivity contribution >= 4 is 45.1 Å². The summed E-state index contributed by atoms with van der Waals surface area (Å²) >= 11 is 0. The number of carboxylic acid groups (broad SMARTS) is 1. The summed E-state index contributed by atoms with van der Waals surface area (Å²) in [6, 6.07) is 10.5. The number of anilines is 1. The van der Waals surface area contributed by atoms with Crippen molar-refractivity contribution in [2.75, 3.05) is 10.7 Å². The molecule has 2 amide bonds. The Morgan fingerprint density at radius 2 is 1.92 bits per heavy atom. The maximum absolute atomic E-state index is 12.0. The standard InChI is InChI=1S/C18H16N2O4S2/c21-16-6-7-17(22)20(16)14-11-12(4-5-13(14)18(23)24)8-10-25-26-15-3-1-2-9-19-15/h1-5,9,11H,6-8,10H2,(H,23,24). The van der Waals surface area contributed by atoms with E-state index in [1.165, 1.54) is 6.07 Å². The van der Waals surface area contributed by atoms with Crippen molar-refractivity contribution in [3.05, 3.63) is 53.7 Å². The smallest absolute Gasteiger partial charge is 0.337 e. The van der Waals surface area contributed by atoms with Gasteiger partial charge in [-0.2, -0.15) is 0 Å². The summed E-state index contributed by atoms with van der Waals surface area (Å²) in [7, 11) is 3.21. The van der Waals surface area contributed by atoms with Crippen molar-refractivity contribution in [1.82, 2.24) is 4.98 Å². The summed E-state index contributed by atoms with van der Waals surface area (Å²) in [5.74, 6) is -1.07. The number of benzene rings is 1. The second-order valence-corrected chi connectivity index (χ2v) is 8.04. The molecule has 1 aliphatic rings. The predicted molar refractivity (Wildman–Crippen MR) is 101 cm³/mol. The van der Waals surface area contributed by atoms with Crippen LogP contribution in [-0.2, 0) is 16.0 Å². The van der Waals surface area contributed by atoms with E-state index in [4.69, 9.17) is 0 Å². The van der Waals surface area contributed by atoms with E-state index >= 15 is 0 Å². The Bertz CT molecular complexity index is 826. The van der Waals surface area contributed by atoms with Crippen molar-refractivity contribution in [3.8, 4) is 0 Å². The fourth-order valence-corrected chi connectivity index (χ4v) is 4.52. The Kier molecular flexibility index (Phi) is 5.95. The summed E-state index contributed by atoms with van der Waals surface area (Å²) in [5.41, 5.74) is 1.02.